The van der Waals surface area contributed by atoms with E-state index in [1.165, 1.54) is 12.1 Å². The molecule has 0 radical (unpaired) electrons. The first-order chi connectivity index (χ1) is 12.9. The number of benzene rings is 2. The van der Waals surface area contributed by atoms with Crippen LogP contribution in [0.2, 0.25) is 0 Å². The maximum absolute atomic E-state index is 13.7. The van der Waals surface area contributed by atoms with Crippen LogP contribution >= 0.6 is 12.4 Å². The minimum atomic E-state index is -0.491. The van der Waals surface area contributed by atoms with Crippen molar-refractivity contribution >= 4 is 41.4 Å². The van der Waals surface area contributed by atoms with Crippen LogP contribution in [0.25, 0.3) is 0 Å². The number of halogens is 2. The van der Waals surface area contributed by atoms with Gasteiger partial charge in [0, 0.05) is 24.5 Å². The molecule has 1 heterocycles. The molecule has 1 saturated heterocycles. The van der Waals surface area contributed by atoms with Crippen molar-refractivity contribution in [1.82, 2.24) is 4.90 Å². The summed E-state index contributed by atoms with van der Waals surface area (Å²) in [5.74, 6) is -0.965. The SMILES string of the molecule is Cc1ccc(N)cc1NC(=O)C1CCCN(C(=O)Nc2ccccc2F)C1.Cl. The fourth-order valence-corrected chi connectivity index (χ4v) is 3.14. The van der Waals surface area contributed by atoms with Crippen molar-refractivity contribution < 1.29 is 14.0 Å². The van der Waals surface area contributed by atoms with E-state index in [2.05, 4.69) is 10.6 Å². The highest BCUT2D eigenvalue weighted by molar-refractivity contribution is 5.95. The summed E-state index contributed by atoms with van der Waals surface area (Å²) in [6.07, 6.45) is 1.40. The standard InChI is InChI=1S/C20H23FN4O2.ClH/c1-13-8-9-15(22)11-18(13)23-19(26)14-5-4-10-25(12-14)20(27)24-17-7-3-2-6-16(17)21;/h2-3,6-9,11,14H,4-5,10,12,22H2,1H3,(H,23,26)(H,24,27);1H. The number of urea groups is 1. The molecule has 3 rings (SSSR count). The summed E-state index contributed by atoms with van der Waals surface area (Å²) in [5, 5.41) is 5.47. The Hall–Kier alpha value is -2.80. The van der Waals surface area contributed by atoms with Crippen molar-refractivity contribution in [2.75, 3.05) is 29.5 Å². The smallest absolute Gasteiger partial charge is 0.321 e. The number of nitrogen functional groups attached to an aromatic ring is 1. The molecule has 0 bridgehead atoms. The number of hydrogen-bond acceptors (Lipinski definition) is 3. The topological polar surface area (TPSA) is 87.5 Å². The van der Waals surface area contributed by atoms with Crippen molar-refractivity contribution in [2.45, 2.75) is 19.8 Å². The third kappa shape index (κ3) is 5.13. The second kappa shape index (κ2) is 9.41. The predicted molar refractivity (Wildman–Crippen MR) is 111 cm³/mol. The minimum absolute atomic E-state index is 0. The molecule has 3 amide bonds. The first kappa shape index (κ1) is 21.5. The lowest BCUT2D eigenvalue weighted by atomic mass is 9.97. The fraction of sp³-hybridized carbons (Fsp3) is 0.300. The predicted octanol–water partition coefficient (Wildman–Crippen LogP) is 4.02. The summed E-state index contributed by atoms with van der Waals surface area (Å²) < 4.78 is 13.7. The van der Waals surface area contributed by atoms with E-state index in [0.717, 1.165) is 5.56 Å². The second-order valence-electron chi connectivity index (χ2n) is 6.76. The fourth-order valence-electron chi connectivity index (χ4n) is 3.14. The first-order valence-electron chi connectivity index (χ1n) is 8.91. The van der Waals surface area contributed by atoms with Gasteiger partial charge in [0.1, 0.15) is 5.82 Å². The molecule has 2 aromatic rings. The van der Waals surface area contributed by atoms with Gasteiger partial charge in [0.25, 0.3) is 0 Å². The molecule has 1 aliphatic rings. The van der Waals surface area contributed by atoms with Crippen LogP contribution in [0.1, 0.15) is 18.4 Å². The van der Waals surface area contributed by atoms with Crippen LogP contribution in [0, 0.1) is 18.7 Å². The maximum Gasteiger partial charge on any atom is 0.321 e. The molecule has 0 aromatic heterocycles. The molecule has 0 aliphatic carbocycles. The molecular weight excluding hydrogens is 383 g/mol. The van der Waals surface area contributed by atoms with Gasteiger partial charge in [-0.05, 0) is 49.6 Å². The minimum Gasteiger partial charge on any atom is -0.399 e. The monoisotopic (exact) mass is 406 g/mol. The van der Waals surface area contributed by atoms with E-state index in [9.17, 15) is 14.0 Å². The Morgan fingerprint density at radius 1 is 1.14 bits per heavy atom. The van der Waals surface area contributed by atoms with Crippen LogP contribution in [-0.2, 0) is 4.79 Å². The van der Waals surface area contributed by atoms with Gasteiger partial charge in [-0.2, -0.15) is 0 Å². The van der Waals surface area contributed by atoms with E-state index in [4.69, 9.17) is 5.73 Å². The number of nitrogens with zero attached hydrogens (tertiary/aromatic N) is 1. The molecule has 1 fully saturated rings. The van der Waals surface area contributed by atoms with Crippen LogP contribution in [0.3, 0.4) is 0 Å². The average molecular weight is 407 g/mol. The average Bonchev–Trinajstić information content (AvgIpc) is 2.66. The van der Waals surface area contributed by atoms with Crippen LogP contribution in [0.5, 0.6) is 0 Å². The number of carbonyl (C=O) groups excluding carboxylic acids is 2. The summed E-state index contributed by atoms with van der Waals surface area (Å²) in [5.41, 5.74) is 8.08. The molecule has 1 aliphatic heterocycles. The van der Waals surface area contributed by atoms with Crippen molar-refractivity contribution in [3.8, 4) is 0 Å². The summed E-state index contributed by atoms with van der Waals surface area (Å²) in [6.45, 7) is 2.71. The third-order valence-electron chi connectivity index (χ3n) is 4.71. The van der Waals surface area contributed by atoms with Crippen LogP contribution < -0.4 is 16.4 Å². The van der Waals surface area contributed by atoms with Gasteiger partial charge in [-0.25, -0.2) is 9.18 Å². The number of likely N-dealkylation sites (tertiary alicyclic amines) is 1. The normalized spacial score (nSPS) is 16.1. The summed E-state index contributed by atoms with van der Waals surface area (Å²) in [7, 11) is 0. The summed E-state index contributed by atoms with van der Waals surface area (Å²) >= 11 is 0. The highest BCUT2D eigenvalue weighted by Gasteiger charge is 2.29. The van der Waals surface area contributed by atoms with E-state index < -0.39 is 11.8 Å². The van der Waals surface area contributed by atoms with Gasteiger partial charge >= 0.3 is 6.03 Å². The second-order valence-corrected chi connectivity index (χ2v) is 6.76. The largest absolute Gasteiger partial charge is 0.399 e. The zero-order valence-electron chi connectivity index (χ0n) is 15.6. The molecule has 6 nitrogen and oxygen atoms in total. The molecule has 150 valence electrons. The first-order valence-corrected chi connectivity index (χ1v) is 8.91. The van der Waals surface area contributed by atoms with Gasteiger partial charge in [-0.1, -0.05) is 18.2 Å². The van der Waals surface area contributed by atoms with Gasteiger partial charge in [0.05, 0.1) is 11.6 Å². The lowest BCUT2D eigenvalue weighted by Gasteiger charge is -2.32. The molecule has 1 atom stereocenters. The number of hydrogen-bond donors (Lipinski definition) is 3. The van der Waals surface area contributed by atoms with E-state index in [1.54, 1.807) is 29.2 Å². The molecule has 0 spiro atoms. The number of nitrogens with one attached hydrogen (secondary N) is 2. The molecule has 1 unspecified atom stereocenters. The van der Waals surface area contributed by atoms with Gasteiger partial charge in [0.2, 0.25) is 5.91 Å². The molecular formula is C20H24ClFN4O2. The van der Waals surface area contributed by atoms with E-state index in [0.29, 0.717) is 30.8 Å². The lowest BCUT2D eigenvalue weighted by molar-refractivity contribution is -0.121. The quantitative estimate of drug-likeness (QED) is 0.672. The van der Waals surface area contributed by atoms with E-state index in [1.807, 2.05) is 13.0 Å². The lowest BCUT2D eigenvalue weighted by Crippen LogP contribution is -2.45. The van der Waals surface area contributed by atoms with Gasteiger partial charge in [0.15, 0.2) is 0 Å². The Morgan fingerprint density at radius 3 is 2.64 bits per heavy atom. The Bertz CT molecular complexity index is 862. The van der Waals surface area contributed by atoms with Gasteiger partial charge in [-0.3, -0.25) is 4.79 Å². The Balaban J connectivity index is 0.00000280. The molecule has 4 N–H and O–H groups in total. The van der Waals surface area contributed by atoms with Crippen molar-refractivity contribution in [2.24, 2.45) is 5.92 Å². The third-order valence-corrected chi connectivity index (χ3v) is 4.71. The number of carbonyl (C=O) groups is 2. The van der Waals surface area contributed by atoms with Crippen LogP contribution in [-0.4, -0.2) is 29.9 Å². The molecule has 2 aromatic carbocycles. The van der Waals surface area contributed by atoms with E-state index >= 15 is 0 Å². The highest BCUT2D eigenvalue weighted by Crippen LogP contribution is 2.23. The van der Waals surface area contributed by atoms with Gasteiger partial charge in [-0.15, -0.1) is 12.4 Å². The van der Waals surface area contributed by atoms with Gasteiger partial charge < -0.3 is 21.3 Å². The van der Waals surface area contributed by atoms with Crippen LogP contribution in [0.4, 0.5) is 26.2 Å². The Morgan fingerprint density at radius 2 is 1.89 bits per heavy atom. The number of nitrogens with two attached hydrogens (primary N) is 1. The number of anilines is 3. The van der Waals surface area contributed by atoms with Crippen LogP contribution in [0.15, 0.2) is 42.5 Å². The molecule has 28 heavy (non-hydrogen) atoms. The van der Waals surface area contributed by atoms with E-state index in [-0.39, 0.29) is 36.5 Å². The van der Waals surface area contributed by atoms with Crippen molar-refractivity contribution in [3.63, 3.8) is 0 Å². The van der Waals surface area contributed by atoms with Crippen molar-refractivity contribution in [3.05, 3.63) is 53.8 Å². The zero-order valence-corrected chi connectivity index (χ0v) is 16.4. The highest BCUT2D eigenvalue weighted by atomic mass is 35.5. The zero-order chi connectivity index (χ0) is 19.4. The molecule has 0 saturated carbocycles. The number of aryl methyl sites for hydroxylation is 1. The number of amides is 3. The number of rotatable bonds is 3. The summed E-state index contributed by atoms with van der Waals surface area (Å²) in [4.78, 5) is 26.6. The Labute approximate surface area is 169 Å². The Kier molecular flexibility index (Phi) is 7.23. The molecule has 8 heteroatoms. The number of para-hydroxylation sites is 1. The maximum atomic E-state index is 13.7. The summed E-state index contributed by atoms with van der Waals surface area (Å²) in [6, 6.07) is 10.9. The number of piperidine rings is 1. The van der Waals surface area contributed by atoms with Crippen molar-refractivity contribution in [1.29, 1.82) is 0 Å².